The standard InChI is InChI=1S/C2H2F2O6S2/c3-1(9-11(5)6)2(4)10-12(7)8/h(H,5,6)(H,7,8)/b2-1+. The Labute approximate surface area is 70.1 Å². The topological polar surface area (TPSA) is 93.1 Å². The summed E-state index contributed by atoms with van der Waals surface area (Å²) >= 11 is -6.13. The molecule has 0 rings (SSSR count). The van der Waals surface area contributed by atoms with Crippen molar-refractivity contribution in [1.29, 1.82) is 0 Å². The first-order valence-electron chi connectivity index (χ1n) is 2.07. The molecule has 0 aliphatic heterocycles. The van der Waals surface area contributed by atoms with E-state index in [2.05, 4.69) is 8.37 Å². The summed E-state index contributed by atoms with van der Waals surface area (Å²) in [6, 6.07) is -4.39. The smallest absolute Gasteiger partial charge is 0.343 e. The molecule has 0 aromatic carbocycles. The van der Waals surface area contributed by atoms with Gasteiger partial charge in [0.15, 0.2) is 0 Å². The van der Waals surface area contributed by atoms with Crippen LogP contribution in [0.5, 0.6) is 0 Å². The molecule has 2 N–H and O–H groups in total. The molecular weight excluding hydrogens is 222 g/mol. The second kappa shape index (κ2) is 5.13. The molecule has 0 heterocycles. The third kappa shape index (κ3) is 5.12. The number of hydrogen-bond donors (Lipinski definition) is 2. The lowest BCUT2D eigenvalue weighted by molar-refractivity contribution is 0.204. The molecule has 0 radical (unpaired) electrons. The molecule has 0 fully saturated rings. The summed E-state index contributed by atoms with van der Waals surface area (Å²) in [7, 11) is 0. The third-order valence-electron chi connectivity index (χ3n) is 0.443. The van der Waals surface area contributed by atoms with Gasteiger partial charge >= 0.3 is 34.7 Å². The Hall–Kier alpha value is -0.580. The monoisotopic (exact) mass is 224 g/mol. The molecule has 2 atom stereocenters. The van der Waals surface area contributed by atoms with Crippen LogP contribution in [0.1, 0.15) is 0 Å². The van der Waals surface area contributed by atoms with Crippen molar-refractivity contribution in [1.82, 2.24) is 0 Å². The van der Waals surface area contributed by atoms with E-state index >= 15 is 0 Å². The van der Waals surface area contributed by atoms with Gasteiger partial charge in [-0.1, -0.05) is 0 Å². The summed E-state index contributed by atoms with van der Waals surface area (Å²) < 4.78 is 65.3. The first kappa shape index (κ1) is 11.4. The van der Waals surface area contributed by atoms with Gasteiger partial charge in [-0.15, -0.1) is 0 Å². The molecule has 0 amide bonds. The van der Waals surface area contributed by atoms with E-state index in [1.54, 1.807) is 0 Å². The minimum atomic E-state index is -3.06. The van der Waals surface area contributed by atoms with Crippen molar-refractivity contribution in [3.8, 4) is 0 Å². The van der Waals surface area contributed by atoms with Crippen molar-refractivity contribution in [3.63, 3.8) is 0 Å². The summed E-state index contributed by atoms with van der Waals surface area (Å²) in [5.41, 5.74) is 0. The zero-order valence-corrected chi connectivity index (χ0v) is 6.73. The summed E-state index contributed by atoms with van der Waals surface area (Å²) in [6.07, 6.45) is 0. The Morgan fingerprint density at radius 2 is 1.25 bits per heavy atom. The molecule has 0 aliphatic carbocycles. The highest BCUT2D eigenvalue weighted by molar-refractivity contribution is 7.74. The van der Waals surface area contributed by atoms with Crippen LogP contribution in [0.15, 0.2) is 12.0 Å². The lowest BCUT2D eigenvalue weighted by atomic mass is 11.0. The minimum Gasteiger partial charge on any atom is -0.343 e. The van der Waals surface area contributed by atoms with Crippen LogP contribution in [0.2, 0.25) is 0 Å². The first-order chi connectivity index (χ1) is 5.43. The summed E-state index contributed by atoms with van der Waals surface area (Å²) in [4.78, 5) is 0. The largest absolute Gasteiger partial charge is 0.363 e. The summed E-state index contributed by atoms with van der Waals surface area (Å²) in [5, 5.41) is 0. The van der Waals surface area contributed by atoms with Crippen LogP contribution in [0.25, 0.3) is 0 Å². The maximum absolute atomic E-state index is 12.0. The van der Waals surface area contributed by atoms with Crippen molar-refractivity contribution in [2.24, 2.45) is 0 Å². The van der Waals surface area contributed by atoms with E-state index in [0.29, 0.717) is 0 Å². The first-order valence-corrected chi connectivity index (χ1v) is 4.13. The van der Waals surface area contributed by atoms with Gasteiger partial charge in [0, 0.05) is 0 Å². The fraction of sp³-hybridized carbons (Fsp3) is 0. The molecule has 0 aromatic rings. The second-order valence-corrected chi connectivity index (χ2v) is 2.35. The van der Waals surface area contributed by atoms with Gasteiger partial charge in [0.05, 0.1) is 0 Å². The van der Waals surface area contributed by atoms with Crippen LogP contribution in [0.3, 0.4) is 0 Å². The van der Waals surface area contributed by atoms with E-state index in [-0.39, 0.29) is 0 Å². The Morgan fingerprint density at radius 3 is 1.42 bits per heavy atom. The van der Waals surface area contributed by atoms with Crippen molar-refractivity contribution >= 4 is 22.7 Å². The van der Waals surface area contributed by atoms with Crippen molar-refractivity contribution < 1.29 is 34.7 Å². The molecule has 12 heavy (non-hydrogen) atoms. The van der Waals surface area contributed by atoms with Crippen LogP contribution in [0.4, 0.5) is 8.78 Å². The van der Waals surface area contributed by atoms with Crippen LogP contribution in [0, 0.1) is 0 Å². The van der Waals surface area contributed by atoms with E-state index in [9.17, 15) is 17.2 Å². The highest BCUT2D eigenvalue weighted by Crippen LogP contribution is 2.12. The van der Waals surface area contributed by atoms with Crippen LogP contribution >= 0.6 is 0 Å². The quantitative estimate of drug-likeness (QED) is 0.529. The van der Waals surface area contributed by atoms with Gasteiger partial charge in [-0.25, -0.2) is 0 Å². The molecule has 0 bridgehead atoms. The highest BCUT2D eigenvalue weighted by atomic mass is 32.2. The Kier molecular flexibility index (Phi) is 4.89. The molecule has 0 saturated heterocycles. The third-order valence-corrected chi connectivity index (χ3v) is 1.02. The van der Waals surface area contributed by atoms with Gasteiger partial charge in [0.2, 0.25) is 0 Å². The Bertz CT molecular complexity index is 214. The van der Waals surface area contributed by atoms with Gasteiger partial charge in [-0.3, -0.25) is 9.11 Å². The molecule has 6 nitrogen and oxygen atoms in total. The fourth-order valence-electron chi connectivity index (χ4n) is 0.191. The number of halogens is 2. The van der Waals surface area contributed by atoms with Crippen LogP contribution < -0.4 is 0 Å². The van der Waals surface area contributed by atoms with Gasteiger partial charge < -0.3 is 8.37 Å². The normalized spacial score (nSPS) is 17.7. The molecule has 72 valence electrons. The van der Waals surface area contributed by atoms with Crippen molar-refractivity contribution in [3.05, 3.63) is 12.0 Å². The van der Waals surface area contributed by atoms with E-state index in [1.165, 1.54) is 0 Å². The molecule has 2 unspecified atom stereocenters. The van der Waals surface area contributed by atoms with Crippen molar-refractivity contribution in [2.45, 2.75) is 0 Å². The van der Waals surface area contributed by atoms with E-state index < -0.39 is 34.7 Å². The predicted molar refractivity (Wildman–Crippen MR) is 33.0 cm³/mol. The maximum atomic E-state index is 12.0. The van der Waals surface area contributed by atoms with E-state index in [1.807, 2.05) is 0 Å². The summed E-state index contributed by atoms with van der Waals surface area (Å²) in [6.45, 7) is 0. The summed E-state index contributed by atoms with van der Waals surface area (Å²) in [5.74, 6) is 0. The molecule has 0 aromatic heterocycles. The predicted octanol–water partition coefficient (Wildman–Crippen LogP) is 0.359. The number of hydrogen-bond acceptors (Lipinski definition) is 4. The SMILES string of the molecule is O=S(O)O/C(F)=C(\F)OS(=O)O. The minimum absolute atomic E-state index is 2.20. The highest BCUT2D eigenvalue weighted by Gasteiger charge is 2.14. The molecular formula is C2H2F2O6S2. The molecule has 0 aliphatic rings. The Balaban J connectivity index is 4.25. The van der Waals surface area contributed by atoms with E-state index in [0.717, 1.165) is 0 Å². The van der Waals surface area contributed by atoms with Crippen molar-refractivity contribution in [2.75, 3.05) is 0 Å². The van der Waals surface area contributed by atoms with Crippen LogP contribution in [-0.2, 0) is 31.1 Å². The molecule has 0 saturated carbocycles. The average Bonchev–Trinajstić information content (AvgIpc) is 1.84. The van der Waals surface area contributed by atoms with Crippen LogP contribution in [-0.4, -0.2) is 17.5 Å². The van der Waals surface area contributed by atoms with Gasteiger partial charge in [0.1, 0.15) is 0 Å². The van der Waals surface area contributed by atoms with Gasteiger partial charge in [-0.05, 0) is 0 Å². The molecule has 0 spiro atoms. The zero-order chi connectivity index (χ0) is 9.72. The zero-order valence-electron chi connectivity index (χ0n) is 5.10. The lowest BCUT2D eigenvalue weighted by Gasteiger charge is -1.96. The lowest BCUT2D eigenvalue weighted by Crippen LogP contribution is -1.98. The Morgan fingerprint density at radius 1 is 1.00 bits per heavy atom. The van der Waals surface area contributed by atoms with Gasteiger partial charge in [-0.2, -0.15) is 17.2 Å². The fourth-order valence-corrected chi connectivity index (χ4v) is 0.572. The van der Waals surface area contributed by atoms with Gasteiger partial charge in [0.25, 0.3) is 0 Å². The number of rotatable bonds is 4. The average molecular weight is 224 g/mol. The second-order valence-electron chi connectivity index (χ2n) is 1.15. The molecule has 10 heteroatoms. The van der Waals surface area contributed by atoms with E-state index in [4.69, 9.17) is 9.11 Å². The maximum Gasteiger partial charge on any atom is 0.363 e.